The van der Waals surface area contributed by atoms with Gasteiger partial charge in [-0.2, -0.15) is 0 Å². The third-order valence-corrected chi connectivity index (χ3v) is 7.33. The summed E-state index contributed by atoms with van der Waals surface area (Å²) < 4.78 is 5.61. The molecular formula is C32H41N3O2. The molecule has 0 atom stereocenters. The van der Waals surface area contributed by atoms with Crippen molar-refractivity contribution in [2.75, 3.05) is 18.0 Å². The number of nitrogens with zero attached hydrogens (tertiary/aromatic N) is 3. The van der Waals surface area contributed by atoms with Crippen LogP contribution in [0.2, 0.25) is 0 Å². The number of rotatable bonds is 5. The van der Waals surface area contributed by atoms with Crippen molar-refractivity contribution in [2.24, 2.45) is 0 Å². The lowest BCUT2D eigenvalue weighted by atomic mass is 9.96. The topological polar surface area (TPSA) is 45.7 Å². The summed E-state index contributed by atoms with van der Waals surface area (Å²) in [7, 11) is 0. The minimum absolute atomic E-state index is 0.214. The molecule has 1 amide bonds. The molecule has 0 radical (unpaired) electrons. The average molecular weight is 500 g/mol. The van der Waals surface area contributed by atoms with E-state index in [2.05, 4.69) is 80.0 Å². The molecule has 0 N–H and O–H groups in total. The molecule has 1 aromatic heterocycles. The highest BCUT2D eigenvalue weighted by Gasteiger charge is 2.30. The summed E-state index contributed by atoms with van der Waals surface area (Å²) in [6.45, 7) is 16.5. The van der Waals surface area contributed by atoms with Crippen LogP contribution in [-0.2, 0) is 11.3 Å². The number of aryl methyl sites for hydroxylation is 3. The van der Waals surface area contributed by atoms with E-state index in [1.165, 1.54) is 39.1 Å². The molecule has 5 heteroatoms. The Balaban J connectivity index is 1.56. The molecule has 0 unspecified atom stereocenters. The van der Waals surface area contributed by atoms with Gasteiger partial charge in [0.15, 0.2) is 0 Å². The number of carbonyl (C=O) groups is 1. The van der Waals surface area contributed by atoms with Gasteiger partial charge in [-0.05, 0) is 107 Å². The fourth-order valence-corrected chi connectivity index (χ4v) is 4.98. The van der Waals surface area contributed by atoms with Crippen molar-refractivity contribution < 1.29 is 9.53 Å². The second kappa shape index (κ2) is 11.0. The summed E-state index contributed by atoms with van der Waals surface area (Å²) in [5, 5.41) is 0. The molecule has 2 aromatic carbocycles. The van der Waals surface area contributed by atoms with Crippen molar-refractivity contribution in [3.63, 3.8) is 0 Å². The van der Waals surface area contributed by atoms with E-state index >= 15 is 0 Å². The molecule has 196 valence electrons. The van der Waals surface area contributed by atoms with Gasteiger partial charge in [-0.3, -0.25) is 4.98 Å². The maximum Gasteiger partial charge on any atom is 0.410 e. The van der Waals surface area contributed by atoms with Gasteiger partial charge in [-0.1, -0.05) is 29.8 Å². The lowest BCUT2D eigenvalue weighted by Crippen LogP contribution is -2.48. The number of hydrogen-bond acceptors (Lipinski definition) is 4. The summed E-state index contributed by atoms with van der Waals surface area (Å²) in [6.07, 6.45) is 5.53. The summed E-state index contributed by atoms with van der Waals surface area (Å²) in [6, 6.07) is 15.9. The monoisotopic (exact) mass is 499 g/mol. The summed E-state index contributed by atoms with van der Waals surface area (Å²) in [5.41, 5.74) is 9.46. The van der Waals surface area contributed by atoms with Gasteiger partial charge in [0.25, 0.3) is 0 Å². The third-order valence-electron chi connectivity index (χ3n) is 7.33. The Hall–Kier alpha value is -3.34. The second-order valence-corrected chi connectivity index (χ2v) is 11.5. The van der Waals surface area contributed by atoms with Crippen molar-refractivity contribution in [1.82, 2.24) is 9.88 Å². The molecule has 2 heterocycles. The number of hydrogen-bond donors (Lipinski definition) is 0. The lowest BCUT2D eigenvalue weighted by molar-refractivity contribution is 0.0204. The number of anilines is 1. The van der Waals surface area contributed by atoms with E-state index in [4.69, 9.17) is 4.74 Å². The fourth-order valence-electron chi connectivity index (χ4n) is 4.98. The van der Waals surface area contributed by atoms with E-state index in [0.717, 1.165) is 24.9 Å². The number of carbonyl (C=O) groups excluding carboxylic acids is 1. The number of amides is 1. The van der Waals surface area contributed by atoms with Gasteiger partial charge in [0.1, 0.15) is 5.60 Å². The SMILES string of the molecule is Cc1ccc(N(Cc2cncc(-c3cc(C)c(C)c(C)c3)c2)C2CCN(C(=O)OC(C)(C)C)CC2)cc1. The van der Waals surface area contributed by atoms with Crippen LogP contribution < -0.4 is 4.90 Å². The molecule has 1 saturated heterocycles. The molecule has 4 rings (SSSR count). The first kappa shape index (κ1) is 26.7. The second-order valence-electron chi connectivity index (χ2n) is 11.5. The van der Waals surface area contributed by atoms with E-state index in [9.17, 15) is 4.79 Å². The largest absolute Gasteiger partial charge is 0.444 e. The third kappa shape index (κ3) is 6.71. The predicted molar refractivity (Wildman–Crippen MR) is 152 cm³/mol. The first-order valence-electron chi connectivity index (χ1n) is 13.3. The zero-order valence-corrected chi connectivity index (χ0v) is 23.5. The van der Waals surface area contributed by atoms with Crippen LogP contribution in [0, 0.1) is 27.7 Å². The van der Waals surface area contributed by atoms with Crippen LogP contribution >= 0.6 is 0 Å². The normalized spacial score (nSPS) is 14.5. The van der Waals surface area contributed by atoms with Crippen molar-refractivity contribution in [1.29, 1.82) is 0 Å². The van der Waals surface area contributed by atoms with E-state index in [1.807, 2.05) is 38.1 Å². The van der Waals surface area contributed by atoms with Crippen LogP contribution in [0.15, 0.2) is 54.9 Å². The highest BCUT2D eigenvalue weighted by atomic mass is 16.6. The quantitative estimate of drug-likeness (QED) is 0.367. The van der Waals surface area contributed by atoms with Crippen LogP contribution in [0.5, 0.6) is 0 Å². The van der Waals surface area contributed by atoms with Gasteiger partial charge in [-0.25, -0.2) is 4.79 Å². The Labute approximate surface area is 222 Å². The molecule has 5 nitrogen and oxygen atoms in total. The molecule has 1 aliphatic heterocycles. The lowest BCUT2D eigenvalue weighted by Gasteiger charge is -2.40. The zero-order chi connectivity index (χ0) is 26.7. The zero-order valence-electron chi connectivity index (χ0n) is 23.5. The van der Waals surface area contributed by atoms with Crippen molar-refractivity contribution in [2.45, 2.75) is 79.5 Å². The molecule has 1 aliphatic rings. The highest BCUT2D eigenvalue weighted by molar-refractivity contribution is 5.68. The summed E-state index contributed by atoms with van der Waals surface area (Å²) in [4.78, 5) is 21.6. The first-order chi connectivity index (χ1) is 17.5. The summed E-state index contributed by atoms with van der Waals surface area (Å²) in [5.74, 6) is 0. The maximum atomic E-state index is 12.6. The van der Waals surface area contributed by atoms with Crippen LogP contribution in [0.3, 0.4) is 0 Å². The Morgan fingerprint density at radius 2 is 1.57 bits per heavy atom. The number of likely N-dealkylation sites (tertiary alicyclic amines) is 1. The smallest absolute Gasteiger partial charge is 0.410 e. The van der Waals surface area contributed by atoms with Gasteiger partial charge >= 0.3 is 6.09 Å². The first-order valence-corrected chi connectivity index (χ1v) is 13.3. The predicted octanol–water partition coefficient (Wildman–Crippen LogP) is 7.39. The molecule has 3 aromatic rings. The molecule has 37 heavy (non-hydrogen) atoms. The van der Waals surface area contributed by atoms with Gasteiger partial charge in [-0.15, -0.1) is 0 Å². The molecule has 0 bridgehead atoms. The Morgan fingerprint density at radius 3 is 2.16 bits per heavy atom. The van der Waals surface area contributed by atoms with Crippen molar-refractivity contribution >= 4 is 11.8 Å². The minimum atomic E-state index is -0.478. The number of ether oxygens (including phenoxy) is 1. The molecule has 1 fully saturated rings. The van der Waals surface area contributed by atoms with Crippen molar-refractivity contribution in [3.8, 4) is 11.1 Å². The molecular weight excluding hydrogens is 458 g/mol. The van der Waals surface area contributed by atoms with Crippen LogP contribution in [0.25, 0.3) is 11.1 Å². The number of piperidine rings is 1. The Morgan fingerprint density at radius 1 is 0.946 bits per heavy atom. The highest BCUT2D eigenvalue weighted by Crippen LogP contribution is 2.29. The maximum absolute atomic E-state index is 12.6. The standard InChI is InChI=1S/C32H41N3O2/c1-22-8-10-29(11-9-22)35(30-12-14-34(15-13-30)31(36)37-32(5,6)7)21-26-18-28(20-33-19-26)27-16-23(2)25(4)24(3)17-27/h8-11,16-20,30H,12-15,21H2,1-7H3. The van der Waals surface area contributed by atoms with Crippen LogP contribution in [0.1, 0.15) is 61.4 Å². The van der Waals surface area contributed by atoms with Crippen LogP contribution in [-0.4, -0.2) is 40.7 Å². The van der Waals surface area contributed by atoms with E-state index in [1.54, 1.807) is 0 Å². The van der Waals surface area contributed by atoms with Gasteiger partial charge < -0.3 is 14.5 Å². The van der Waals surface area contributed by atoms with Crippen LogP contribution in [0.4, 0.5) is 10.5 Å². The van der Waals surface area contributed by atoms with Crippen molar-refractivity contribution in [3.05, 3.63) is 82.7 Å². The van der Waals surface area contributed by atoms with Gasteiger partial charge in [0.2, 0.25) is 0 Å². The van der Waals surface area contributed by atoms with Gasteiger partial charge in [0, 0.05) is 49.3 Å². The molecule has 0 spiro atoms. The van der Waals surface area contributed by atoms with E-state index < -0.39 is 5.60 Å². The fraction of sp³-hybridized carbons (Fsp3) is 0.438. The molecule has 0 saturated carbocycles. The minimum Gasteiger partial charge on any atom is -0.444 e. The van der Waals surface area contributed by atoms with E-state index in [-0.39, 0.29) is 6.09 Å². The summed E-state index contributed by atoms with van der Waals surface area (Å²) >= 11 is 0. The number of aromatic nitrogens is 1. The number of benzene rings is 2. The van der Waals surface area contributed by atoms with Gasteiger partial charge in [0.05, 0.1) is 0 Å². The number of pyridine rings is 1. The Kier molecular flexibility index (Phi) is 7.91. The Bertz CT molecular complexity index is 1210. The average Bonchev–Trinajstić information content (AvgIpc) is 2.85. The van der Waals surface area contributed by atoms with E-state index in [0.29, 0.717) is 19.1 Å². The molecule has 0 aliphatic carbocycles.